The van der Waals surface area contributed by atoms with Crippen molar-refractivity contribution in [1.82, 2.24) is 9.88 Å². The summed E-state index contributed by atoms with van der Waals surface area (Å²) in [4.78, 5) is 33.1. The van der Waals surface area contributed by atoms with E-state index in [0.29, 0.717) is 13.1 Å². The second-order valence-electron chi connectivity index (χ2n) is 7.62. The lowest BCUT2D eigenvalue weighted by Gasteiger charge is -2.28. The lowest BCUT2D eigenvalue weighted by atomic mass is 10.1. The topological polar surface area (TPSA) is 65.5 Å². The molecule has 1 unspecified atom stereocenters. The van der Waals surface area contributed by atoms with E-state index in [1.165, 1.54) is 24.9 Å². The van der Waals surface area contributed by atoms with Crippen molar-refractivity contribution in [2.75, 3.05) is 29.9 Å². The molecular formula is C22H26N4O2. The fourth-order valence-electron chi connectivity index (χ4n) is 3.96. The van der Waals surface area contributed by atoms with Crippen LogP contribution in [-0.4, -0.2) is 41.3 Å². The van der Waals surface area contributed by atoms with E-state index >= 15 is 0 Å². The largest absolute Gasteiger partial charge is 0.372 e. The van der Waals surface area contributed by atoms with Gasteiger partial charge in [0, 0.05) is 56.4 Å². The molecule has 146 valence electrons. The molecule has 2 aromatic rings. The molecule has 6 nitrogen and oxygen atoms in total. The molecule has 28 heavy (non-hydrogen) atoms. The number of benzene rings is 1. The number of hydrogen-bond acceptors (Lipinski definition) is 4. The molecule has 0 saturated carbocycles. The van der Waals surface area contributed by atoms with Gasteiger partial charge in [0.25, 0.3) is 0 Å². The molecule has 2 aliphatic rings. The smallest absolute Gasteiger partial charge is 0.229 e. The van der Waals surface area contributed by atoms with Crippen LogP contribution in [0.1, 0.15) is 31.2 Å². The Morgan fingerprint density at radius 3 is 2.61 bits per heavy atom. The zero-order chi connectivity index (χ0) is 19.3. The van der Waals surface area contributed by atoms with Crippen LogP contribution in [-0.2, 0) is 16.1 Å². The summed E-state index contributed by atoms with van der Waals surface area (Å²) in [6.45, 7) is 3.15. The maximum Gasteiger partial charge on any atom is 0.229 e. The monoisotopic (exact) mass is 378 g/mol. The highest BCUT2D eigenvalue weighted by Crippen LogP contribution is 2.24. The summed E-state index contributed by atoms with van der Waals surface area (Å²) in [6.07, 6.45) is 7.51. The van der Waals surface area contributed by atoms with E-state index in [9.17, 15) is 9.59 Å². The zero-order valence-electron chi connectivity index (χ0n) is 16.0. The minimum absolute atomic E-state index is 0.0180. The van der Waals surface area contributed by atoms with Crippen LogP contribution in [0, 0.1) is 5.92 Å². The number of hydrogen-bond donors (Lipinski definition) is 1. The molecule has 1 N–H and O–H groups in total. The molecular weight excluding hydrogens is 352 g/mol. The standard InChI is InChI=1S/C22H26N4O2/c27-21-13-18(16-26(21)15-17-5-4-10-23-14-17)22(28)24-19-6-8-20(9-7-19)25-11-2-1-3-12-25/h4-10,14,18H,1-3,11-13,15-16H2,(H,24,28). The summed E-state index contributed by atoms with van der Waals surface area (Å²) in [5.41, 5.74) is 2.96. The Balaban J connectivity index is 1.33. The van der Waals surface area contributed by atoms with Gasteiger partial charge in [-0.2, -0.15) is 0 Å². The minimum Gasteiger partial charge on any atom is -0.372 e. The van der Waals surface area contributed by atoms with Crippen LogP contribution in [0.15, 0.2) is 48.8 Å². The highest BCUT2D eigenvalue weighted by molar-refractivity contribution is 5.97. The zero-order valence-corrected chi connectivity index (χ0v) is 16.0. The lowest BCUT2D eigenvalue weighted by molar-refractivity contribution is -0.128. The molecule has 0 bridgehead atoms. The number of amides is 2. The molecule has 4 rings (SSSR count). The number of carbonyl (C=O) groups excluding carboxylic acids is 2. The van der Waals surface area contributed by atoms with Gasteiger partial charge in [-0.25, -0.2) is 0 Å². The van der Waals surface area contributed by atoms with Crippen LogP contribution >= 0.6 is 0 Å². The van der Waals surface area contributed by atoms with E-state index in [1.807, 2.05) is 24.3 Å². The molecule has 1 aromatic heterocycles. The average molecular weight is 378 g/mol. The fraction of sp³-hybridized carbons (Fsp3) is 0.409. The summed E-state index contributed by atoms with van der Waals surface area (Å²) in [5, 5.41) is 2.97. The van der Waals surface area contributed by atoms with Gasteiger partial charge < -0.3 is 15.1 Å². The molecule has 2 amide bonds. The van der Waals surface area contributed by atoms with E-state index in [1.54, 1.807) is 17.3 Å². The van der Waals surface area contributed by atoms with Gasteiger partial charge >= 0.3 is 0 Å². The maximum absolute atomic E-state index is 12.6. The van der Waals surface area contributed by atoms with Gasteiger partial charge in [0.1, 0.15) is 0 Å². The molecule has 6 heteroatoms. The van der Waals surface area contributed by atoms with Gasteiger partial charge in [-0.05, 0) is 55.2 Å². The van der Waals surface area contributed by atoms with Crippen molar-refractivity contribution in [3.05, 3.63) is 54.4 Å². The maximum atomic E-state index is 12.6. The lowest BCUT2D eigenvalue weighted by Crippen LogP contribution is -2.29. The van der Waals surface area contributed by atoms with Gasteiger partial charge in [-0.1, -0.05) is 6.07 Å². The Hall–Kier alpha value is -2.89. The molecule has 3 heterocycles. The summed E-state index contributed by atoms with van der Waals surface area (Å²) in [6, 6.07) is 11.8. The Morgan fingerprint density at radius 1 is 1.11 bits per heavy atom. The first-order valence-electron chi connectivity index (χ1n) is 10.0. The number of anilines is 2. The van der Waals surface area contributed by atoms with Crippen LogP contribution in [0.4, 0.5) is 11.4 Å². The first-order chi connectivity index (χ1) is 13.7. The quantitative estimate of drug-likeness (QED) is 0.868. The summed E-state index contributed by atoms with van der Waals surface area (Å²) >= 11 is 0. The van der Waals surface area contributed by atoms with Gasteiger partial charge in [-0.3, -0.25) is 14.6 Å². The summed E-state index contributed by atoms with van der Waals surface area (Å²) in [7, 11) is 0. The first-order valence-corrected chi connectivity index (χ1v) is 10.0. The van der Waals surface area contributed by atoms with E-state index in [0.717, 1.165) is 24.3 Å². The predicted molar refractivity (Wildman–Crippen MR) is 109 cm³/mol. The van der Waals surface area contributed by atoms with E-state index in [-0.39, 0.29) is 24.2 Å². The summed E-state index contributed by atoms with van der Waals surface area (Å²) < 4.78 is 0. The molecule has 0 aliphatic carbocycles. The Bertz CT molecular complexity index is 816. The van der Waals surface area contributed by atoms with Crippen LogP contribution in [0.3, 0.4) is 0 Å². The van der Waals surface area contributed by atoms with Gasteiger partial charge in [0.05, 0.1) is 5.92 Å². The Kier molecular flexibility index (Phi) is 5.55. The van der Waals surface area contributed by atoms with Gasteiger partial charge in [0.2, 0.25) is 11.8 Å². The molecule has 1 aromatic carbocycles. The molecule has 0 radical (unpaired) electrons. The number of piperidine rings is 1. The number of aromatic nitrogens is 1. The van der Waals surface area contributed by atoms with Crippen LogP contribution in [0.25, 0.3) is 0 Å². The number of nitrogens with one attached hydrogen (secondary N) is 1. The Labute approximate surface area is 165 Å². The molecule has 0 spiro atoms. The van der Waals surface area contributed by atoms with Crippen molar-refractivity contribution < 1.29 is 9.59 Å². The van der Waals surface area contributed by atoms with E-state index in [4.69, 9.17) is 0 Å². The van der Waals surface area contributed by atoms with Crippen molar-refractivity contribution in [1.29, 1.82) is 0 Å². The number of rotatable bonds is 5. The predicted octanol–water partition coefficient (Wildman–Crippen LogP) is 3.06. The van der Waals surface area contributed by atoms with Crippen molar-refractivity contribution in [3.63, 3.8) is 0 Å². The second-order valence-corrected chi connectivity index (χ2v) is 7.62. The van der Waals surface area contributed by atoms with Gasteiger partial charge in [-0.15, -0.1) is 0 Å². The van der Waals surface area contributed by atoms with Crippen molar-refractivity contribution in [2.24, 2.45) is 5.92 Å². The van der Waals surface area contributed by atoms with Crippen LogP contribution in [0.5, 0.6) is 0 Å². The van der Waals surface area contributed by atoms with Crippen LogP contribution in [0.2, 0.25) is 0 Å². The third-order valence-corrected chi connectivity index (χ3v) is 5.54. The van der Waals surface area contributed by atoms with Gasteiger partial charge in [0.15, 0.2) is 0 Å². The summed E-state index contributed by atoms with van der Waals surface area (Å²) in [5.74, 6) is -0.386. The second kappa shape index (κ2) is 8.42. The number of carbonyl (C=O) groups is 2. The molecule has 1 atom stereocenters. The van der Waals surface area contributed by atoms with E-state index in [2.05, 4.69) is 27.3 Å². The third-order valence-electron chi connectivity index (χ3n) is 5.54. The highest BCUT2D eigenvalue weighted by Gasteiger charge is 2.34. The number of pyridine rings is 1. The van der Waals surface area contributed by atoms with Crippen molar-refractivity contribution >= 4 is 23.2 Å². The van der Waals surface area contributed by atoms with Crippen molar-refractivity contribution in [3.8, 4) is 0 Å². The Morgan fingerprint density at radius 2 is 1.89 bits per heavy atom. The molecule has 2 aliphatic heterocycles. The van der Waals surface area contributed by atoms with Crippen LogP contribution < -0.4 is 10.2 Å². The fourth-order valence-corrected chi connectivity index (χ4v) is 3.96. The number of nitrogens with zero attached hydrogens (tertiary/aromatic N) is 3. The molecule has 2 fully saturated rings. The normalized spacial score (nSPS) is 19.7. The highest BCUT2D eigenvalue weighted by atomic mass is 16.2. The SMILES string of the molecule is O=C(Nc1ccc(N2CCCCC2)cc1)C1CC(=O)N(Cc2cccnc2)C1. The average Bonchev–Trinajstić information content (AvgIpc) is 3.10. The third kappa shape index (κ3) is 4.32. The minimum atomic E-state index is -0.314. The van der Waals surface area contributed by atoms with Crippen molar-refractivity contribution in [2.45, 2.75) is 32.2 Å². The molecule has 2 saturated heterocycles. The number of likely N-dealkylation sites (tertiary alicyclic amines) is 1. The van der Waals surface area contributed by atoms with E-state index < -0.39 is 0 Å². The first kappa shape index (κ1) is 18.5.